The maximum absolute atomic E-state index is 12.5. The van der Waals surface area contributed by atoms with Gasteiger partial charge in [0.1, 0.15) is 42.5 Å². The average molecular weight is 444 g/mol. The largest absolute Gasteiger partial charge is 0.497 e. The predicted molar refractivity (Wildman–Crippen MR) is 114 cm³/mol. The fraction of sp³-hybridized carbons (Fsp3) is 0.458. The fourth-order valence-corrected chi connectivity index (χ4v) is 3.80. The van der Waals surface area contributed by atoms with Crippen molar-refractivity contribution in [1.29, 1.82) is 0 Å². The molecule has 0 radical (unpaired) electrons. The molecule has 0 saturated carbocycles. The summed E-state index contributed by atoms with van der Waals surface area (Å²) in [6, 6.07) is 14.0. The van der Waals surface area contributed by atoms with Crippen LogP contribution >= 0.6 is 0 Å². The van der Waals surface area contributed by atoms with Gasteiger partial charge in [-0.2, -0.15) is 0 Å². The molecule has 5 atom stereocenters. The summed E-state index contributed by atoms with van der Waals surface area (Å²) in [5.74, 6) is -0.227. The lowest BCUT2D eigenvalue weighted by molar-refractivity contribution is -0.254. The number of rotatable bonds is 6. The molecule has 0 amide bonds. The van der Waals surface area contributed by atoms with Gasteiger partial charge in [0.25, 0.3) is 0 Å². The van der Waals surface area contributed by atoms with Crippen LogP contribution in [0, 0.1) is 6.92 Å². The molecule has 2 aromatic carbocycles. The van der Waals surface area contributed by atoms with Gasteiger partial charge < -0.3 is 33.5 Å². The fourth-order valence-electron chi connectivity index (χ4n) is 3.80. The molecule has 0 aromatic heterocycles. The Bertz CT molecular complexity index is 924. The highest BCUT2D eigenvalue weighted by Crippen LogP contribution is 2.38. The Morgan fingerprint density at radius 3 is 2.28 bits per heavy atom. The second kappa shape index (κ2) is 9.07. The van der Waals surface area contributed by atoms with E-state index in [0.29, 0.717) is 17.1 Å². The van der Waals surface area contributed by atoms with Crippen molar-refractivity contribution >= 4 is 5.97 Å². The Kier molecular flexibility index (Phi) is 6.39. The molecule has 2 heterocycles. The molecule has 2 aliphatic heterocycles. The summed E-state index contributed by atoms with van der Waals surface area (Å²) in [5, 5.41) is 10.8. The lowest BCUT2D eigenvalue weighted by Gasteiger charge is -2.39. The van der Waals surface area contributed by atoms with E-state index < -0.39 is 42.5 Å². The molecule has 2 aliphatic rings. The van der Waals surface area contributed by atoms with Crippen LogP contribution in [0.15, 0.2) is 48.5 Å². The molecular formula is C24H28O8. The van der Waals surface area contributed by atoms with Gasteiger partial charge in [-0.1, -0.05) is 17.7 Å². The van der Waals surface area contributed by atoms with Gasteiger partial charge in [0.05, 0.1) is 12.7 Å². The van der Waals surface area contributed by atoms with Crippen molar-refractivity contribution in [1.82, 2.24) is 0 Å². The summed E-state index contributed by atoms with van der Waals surface area (Å²) >= 11 is 0. The van der Waals surface area contributed by atoms with E-state index >= 15 is 0 Å². The van der Waals surface area contributed by atoms with Crippen molar-refractivity contribution in [2.75, 3.05) is 13.7 Å². The van der Waals surface area contributed by atoms with E-state index in [1.807, 2.05) is 19.1 Å². The molecule has 5 unspecified atom stereocenters. The van der Waals surface area contributed by atoms with E-state index in [2.05, 4.69) is 0 Å². The molecule has 172 valence electrons. The molecule has 2 saturated heterocycles. The number of aryl methyl sites for hydroxylation is 1. The molecule has 2 fully saturated rings. The van der Waals surface area contributed by atoms with Gasteiger partial charge >= 0.3 is 5.97 Å². The summed E-state index contributed by atoms with van der Waals surface area (Å²) in [7, 11) is 1.58. The Morgan fingerprint density at radius 1 is 1.00 bits per heavy atom. The van der Waals surface area contributed by atoms with Crippen LogP contribution < -0.4 is 9.47 Å². The van der Waals surface area contributed by atoms with Crippen molar-refractivity contribution in [3.63, 3.8) is 0 Å². The average Bonchev–Trinajstić information content (AvgIpc) is 3.11. The number of hydrogen-bond donors (Lipinski definition) is 1. The summed E-state index contributed by atoms with van der Waals surface area (Å²) < 4.78 is 34.4. The highest BCUT2D eigenvalue weighted by Gasteiger charge is 2.56. The Balaban J connectivity index is 1.47. The molecular weight excluding hydrogens is 416 g/mol. The zero-order valence-corrected chi connectivity index (χ0v) is 18.5. The number of esters is 1. The van der Waals surface area contributed by atoms with Gasteiger partial charge in [0.15, 0.2) is 5.79 Å². The van der Waals surface area contributed by atoms with Crippen molar-refractivity contribution in [2.24, 2.45) is 0 Å². The first-order chi connectivity index (χ1) is 15.3. The van der Waals surface area contributed by atoms with E-state index in [0.717, 1.165) is 5.56 Å². The zero-order chi connectivity index (χ0) is 22.9. The van der Waals surface area contributed by atoms with Crippen LogP contribution in [0.4, 0.5) is 0 Å². The monoisotopic (exact) mass is 444 g/mol. The number of benzene rings is 2. The Labute approximate surface area is 186 Å². The van der Waals surface area contributed by atoms with Crippen LogP contribution in [-0.2, 0) is 18.9 Å². The van der Waals surface area contributed by atoms with Crippen LogP contribution in [0.3, 0.4) is 0 Å². The lowest BCUT2D eigenvalue weighted by atomic mass is 9.99. The molecule has 2 aromatic rings. The molecule has 8 heteroatoms. The van der Waals surface area contributed by atoms with Crippen LogP contribution in [0.2, 0.25) is 0 Å². The zero-order valence-electron chi connectivity index (χ0n) is 18.5. The normalized spacial score (nSPS) is 28.6. The highest BCUT2D eigenvalue weighted by atomic mass is 16.8. The molecule has 0 bridgehead atoms. The van der Waals surface area contributed by atoms with Gasteiger partial charge in [-0.25, -0.2) is 4.79 Å². The van der Waals surface area contributed by atoms with Gasteiger partial charge in [0, 0.05) is 0 Å². The van der Waals surface area contributed by atoms with Crippen LogP contribution in [-0.4, -0.2) is 61.3 Å². The summed E-state index contributed by atoms with van der Waals surface area (Å²) in [6.07, 6.45) is -4.16. The van der Waals surface area contributed by atoms with Crippen molar-refractivity contribution < 1.29 is 38.3 Å². The van der Waals surface area contributed by atoms with E-state index in [1.165, 1.54) is 0 Å². The maximum atomic E-state index is 12.5. The molecule has 4 rings (SSSR count). The van der Waals surface area contributed by atoms with E-state index in [-0.39, 0.29) is 6.61 Å². The number of hydrogen-bond acceptors (Lipinski definition) is 8. The van der Waals surface area contributed by atoms with Crippen molar-refractivity contribution in [3.8, 4) is 11.5 Å². The number of aliphatic hydroxyl groups is 1. The third-order valence-electron chi connectivity index (χ3n) is 5.43. The van der Waals surface area contributed by atoms with Crippen molar-refractivity contribution in [3.05, 3.63) is 59.7 Å². The minimum absolute atomic E-state index is 0.0808. The lowest BCUT2D eigenvalue weighted by Crippen LogP contribution is -2.59. The van der Waals surface area contributed by atoms with Gasteiger partial charge in [0.2, 0.25) is 6.29 Å². The number of carbonyl (C=O) groups excluding carboxylic acids is 1. The predicted octanol–water partition coefficient (Wildman–Crippen LogP) is 2.85. The highest BCUT2D eigenvalue weighted by molar-refractivity contribution is 5.89. The first-order valence-electron chi connectivity index (χ1n) is 10.5. The summed E-state index contributed by atoms with van der Waals surface area (Å²) in [5.41, 5.74) is 1.49. The van der Waals surface area contributed by atoms with Crippen LogP contribution in [0.25, 0.3) is 0 Å². The SMILES string of the molecule is COc1ccc(OC2OC(COC(=O)c3ccc(C)cc3)C3OC(C)(C)OC3C2O)cc1. The van der Waals surface area contributed by atoms with E-state index in [1.54, 1.807) is 57.4 Å². The van der Waals surface area contributed by atoms with Gasteiger partial charge in [-0.3, -0.25) is 0 Å². The standard InChI is InChI=1S/C24H28O8/c1-14-5-7-15(8-6-14)22(26)28-13-18-20-21(32-24(2,3)31-20)19(25)23(30-18)29-17-11-9-16(27-4)10-12-17/h5-12,18-21,23,25H,13H2,1-4H3. The number of ether oxygens (including phenoxy) is 6. The molecule has 32 heavy (non-hydrogen) atoms. The van der Waals surface area contributed by atoms with Crippen molar-refractivity contribution in [2.45, 2.75) is 57.3 Å². The third-order valence-corrected chi connectivity index (χ3v) is 5.43. The number of aliphatic hydroxyl groups excluding tert-OH is 1. The Morgan fingerprint density at radius 2 is 1.62 bits per heavy atom. The van der Waals surface area contributed by atoms with Gasteiger partial charge in [-0.05, 0) is 57.2 Å². The topological polar surface area (TPSA) is 92.7 Å². The maximum Gasteiger partial charge on any atom is 0.338 e. The molecule has 1 N–H and O–H groups in total. The smallest absolute Gasteiger partial charge is 0.338 e. The number of methoxy groups -OCH3 is 1. The molecule has 0 spiro atoms. The van der Waals surface area contributed by atoms with E-state index in [9.17, 15) is 9.90 Å². The van der Waals surface area contributed by atoms with Crippen LogP contribution in [0.5, 0.6) is 11.5 Å². The van der Waals surface area contributed by atoms with E-state index in [4.69, 9.17) is 28.4 Å². The Hall–Kier alpha value is -2.65. The molecule has 8 nitrogen and oxygen atoms in total. The first kappa shape index (κ1) is 22.5. The quantitative estimate of drug-likeness (QED) is 0.680. The minimum atomic E-state index is -1.10. The number of fused-ring (bicyclic) bond motifs is 1. The first-order valence-corrected chi connectivity index (χ1v) is 10.5. The minimum Gasteiger partial charge on any atom is -0.497 e. The summed E-state index contributed by atoms with van der Waals surface area (Å²) in [4.78, 5) is 12.5. The third kappa shape index (κ3) is 4.88. The van der Waals surface area contributed by atoms with Gasteiger partial charge in [-0.15, -0.1) is 0 Å². The van der Waals surface area contributed by atoms with Crippen LogP contribution in [0.1, 0.15) is 29.8 Å². The second-order valence-electron chi connectivity index (χ2n) is 8.36. The number of carbonyl (C=O) groups is 1. The second-order valence-corrected chi connectivity index (χ2v) is 8.36. The molecule has 0 aliphatic carbocycles. The summed E-state index contributed by atoms with van der Waals surface area (Å²) in [6.45, 7) is 5.38.